The van der Waals surface area contributed by atoms with E-state index in [4.69, 9.17) is 9.84 Å². The maximum Gasteiger partial charge on any atom is 0.407 e. The number of aliphatic hydroxyl groups excluding tert-OH is 1. The van der Waals surface area contributed by atoms with E-state index in [-0.39, 0.29) is 18.7 Å². The van der Waals surface area contributed by atoms with Crippen LogP contribution in [0.2, 0.25) is 0 Å². The number of alkyl carbamates (subject to hydrolysis) is 1. The highest BCUT2D eigenvalue weighted by Crippen LogP contribution is 2.30. The average molecular weight is 270 g/mol. The van der Waals surface area contributed by atoms with Crippen LogP contribution in [-0.4, -0.2) is 54.5 Å². The van der Waals surface area contributed by atoms with Crippen molar-refractivity contribution in [3.63, 3.8) is 0 Å². The van der Waals surface area contributed by atoms with Gasteiger partial charge in [0.25, 0.3) is 0 Å². The molecule has 1 heterocycles. The quantitative estimate of drug-likeness (QED) is 0.792. The van der Waals surface area contributed by atoms with Gasteiger partial charge < -0.3 is 15.2 Å². The Hall–Kier alpha value is -0.810. The predicted octanol–water partition coefficient (Wildman–Crippen LogP) is 1.36. The minimum Gasteiger partial charge on any atom is -0.450 e. The molecule has 0 bridgehead atoms. The first kappa shape index (κ1) is 14.6. The second-order valence-corrected chi connectivity index (χ2v) is 5.71. The van der Waals surface area contributed by atoms with Crippen molar-refractivity contribution in [3.8, 4) is 0 Å². The van der Waals surface area contributed by atoms with Gasteiger partial charge in [-0.1, -0.05) is 6.42 Å². The zero-order chi connectivity index (χ0) is 13.7. The number of rotatable bonds is 5. The van der Waals surface area contributed by atoms with Crippen molar-refractivity contribution in [1.29, 1.82) is 0 Å². The molecule has 5 nitrogen and oxygen atoms in total. The number of nitrogens with one attached hydrogen (secondary N) is 1. The Kier molecular flexibility index (Phi) is 5.45. The highest BCUT2D eigenvalue weighted by molar-refractivity contribution is 5.67. The fourth-order valence-corrected chi connectivity index (χ4v) is 3.13. The first-order chi connectivity index (χ1) is 9.22. The molecule has 1 saturated carbocycles. The van der Waals surface area contributed by atoms with Gasteiger partial charge in [0.05, 0.1) is 6.61 Å². The summed E-state index contributed by atoms with van der Waals surface area (Å²) < 4.78 is 4.96. The average Bonchev–Trinajstić information content (AvgIpc) is 2.26. The van der Waals surface area contributed by atoms with Crippen molar-refractivity contribution in [2.45, 2.75) is 51.1 Å². The van der Waals surface area contributed by atoms with Gasteiger partial charge in [-0.2, -0.15) is 0 Å². The van der Waals surface area contributed by atoms with E-state index in [0.29, 0.717) is 18.6 Å². The van der Waals surface area contributed by atoms with Crippen LogP contribution in [0.15, 0.2) is 0 Å². The SMILES string of the molecule is CCOC(=O)NC1CC(CCO)CN(C2CCC2)C1. The van der Waals surface area contributed by atoms with E-state index in [1.54, 1.807) is 0 Å². The molecule has 5 heteroatoms. The number of likely N-dealkylation sites (tertiary alicyclic amines) is 1. The monoisotopic (exact) mass is 270 g/mol. The second kappa shape index (κ2) is 7.10. The van der Waals surface area contributed by atoms with E-state index in [1.165, 1.54) is 19.3 Å². The zero-order valence-corrected chi connectivity index (χ0v) is 11.8. The molecule has 0 spiro atoms. The van der Waals surface area contributed by atoms with Crippen LogP contribution in [0.25, 0.3) is 0 Å². The molecule has 2 aliphatic rings. The van der Waals surface area contributed by atoms with Gasteiger partial charge >= 0.3 is 6.09 Å². The van der Waals surface area contributed by atoms with E-state index >= 15 is 0 Å². The number of carbonyl (C=O) groups excluding carboxylic acids is 1. The van der Waals surface area contributed by atoms with Crippen LogP contribution < -0.4 is 5.32 Å². The number of carbonyl (C=O) groups is 1. The Balaban J connectivity index is 1.87. The van der Waals surface area contributed by atoms with Crippen LogP contribution in [0.1, 0.15) is 39.0 Å². The number of aliphatic hydroxyl groups is 1. The third-order valence-electron chi connectivity index (χ3n) is 4.29. The highest BCUT2D eigenvalue weighted by Gasteiger charge is 2.34. The number of piperidine rings is 1. The zero-order valence-electron chi connectivity index (χ0n) is 11.8. The number of hydrogen-bond acceptors (Lipinski definition) is 4. The number of amides is 1. The van der Waals surface area contributed by atoms with Crippen molar-refractivity contribution in [3.05, 3.63) is 0 Å². The van der Waals surface area contributed by atoms with Crippen LogP contribution in [0.5, 0.6) is 0 Å². The molecule has 19 heavy (non-hydrogen) atoms. The fraction of sp³-hybridized carbons (Fsp3) is 0.929. The number of hydrogen-bond donors (Lipinski definition) is 2. The molecular formula is C14H26N2O3. The maximum absolute atomic E-state index is 11.5. The normalized spacial score (nSPS) is 28.7. The molecule has 2 fully saturated rings. The summed E-state index contributed by atoms with van der Waals surface area (Å²) in [5.74, 6) is 0.478. The van der Waals surface area contributed by atoms with E-state index in [2.05, 4.69) is 10.2 Å². The Morgan fingerprint density at radius 2 is 2.21 bits per heavy atom. The lowest BCUT2D eigenvalue weighted by Gasteiger charge is -2.45. The molecule has 2 atom stereocenters. The Labute approximate surface area is 115 Å². The van der Waals surface area contributed by atoms with Crippen molar-refractivity contribution < 1.29 is 14.6 Å². The van der Waals surface area contributed by atoms with Gasteiger partial charge in [0.15, 0.2) is 0 Å². The van der Waals surface area contributed by atoms with Crippen molar-refractivity contribution in [2.75, 3.05) is 26.3 Å². The van der Waals surface area contributed by atoms with Crippen LogP contribution >= 0.6 is 0 Å². The van der Waals surface area contributed by atoms with Gasteiger partial charge in [0, 0.05) is 31.8 Å². The number of nitrogens with zero attached hydrogens (tertiary/aromatic N) is 1. The lowest BCUT2D eigenvalue weighted by Crippen LogP contribution is -2.55. The van der Waals surface area contributed by atoms with E-state index in [9.17, 15) is 4.79 Å². The molecule has 0 radical (unpaired) electrons. The molecule has 2 rings (SSSR count). The highest BCUT2D eigenvalue weighted by atomic mass is 16.5. The summed E-state index contributed by atoms with van der Waals surface area (Å²) in [5.41, 5.74) is 0. The molecule has 110 valence electrons. The minimum absolute atomic E-state index is 0.157. The summed E-state index contributed by atoms with van der Waals surface area (Å²) >= 11 is 0. The smallest absolute Gasteiger partial charge is 0.407 e. The van der Waals surface area contributed by atoms with E-state index in [1.807, 2.05) is 6.92 Å². The van der Waals surface area contributed by atoms with Crippen LogP contribution in [0.3, 0.4) is 0 Å². The minimum atomic E-state index is -0.314. The largest absolute Gasteiger partial charge is 0.450 e. The van der Waals surface area contributed by atoms with Gasteiger partial charge in [0.1, 0.15) is 0 Å². The molecule has 0 aromatic carbocycles. The summed E-state index contributed by atoms with van der Waals surface area (Å²) in [6, 6.07) is 0.845. The molecule has 2 unspecified atom stereocenters. The van der Waals surface area contributed by atoms with Crippen LogP contribution in [0, 0.1) is 5.92 Å². The fourth-order valence-electron chi connectivity index (χ4n) is 3.13. The second-order valence-electron chi connectivity index (χ2n) is 5.71. The Morgan fingerprint density at radius 1 is 1.42 bits per heavy atom. The van der Waals surface area contributed by atoms with E-state index in [0.717, 1.165) is 25.9 Å². The van der Waals surface area contributed by atoms with Gasteiger partial charge in [-0.3, -0.25) is 4.90 Å². The van der Waals surface area contributed by atoms with Crippen LogP contribution in [-0.2, 0) is 4.74 Å². The Morgan fingerprint density at radius 3 is 2.79 bits per heavy atom. The Bertz CT molecular complexity index is 294. The molecule has 1 amide bonds. The lowest BCUT2D eigenvalue weighted by molar-refractivity contribution is 0.0489. The molecular weight excluding hydrogens is 244 g/mol. The predicted molar refractivity (Wildman–Crippen MR) is 73.0 cm³/mol. The van der Waals surface area contributed by atoms with Gasteiger partial charge in [-0.05, 0) is 38.5 Å². The topological polar surface area (TPSA) is 61.8 Å². The molecule has 1 aliphatic carbocycles. The molecule has 1 saturated heterocycles. The van der Waals surface area contributed by atoms with Crippen molar-refractivity contribution in [1.82, 2.24) is 10.2 Å². The first-order valence-electron chi connectivity index (χ1n) is 7.51. The number of ether oxygens (including phenoxy) is 1. The van der Waals surface area contributed by atoms with Gasteiger partial charge in [-0.15, -0.1) is 0 Å². The van der Waals surface area contributed by atoms with Crippen molar-refractivity contribution in [2.24, 2.45) is 5.92 Å². The standard InChI is InChI=1S/C14H26N2O3/c1-2-19-14(18)15-12-8-11(6-7-17)9-16(10-12)13-4-3-5-13/h11-13,17H,2-10H2,1H3,(H,15,18). The van der Waals surface area contributed by atoms with Gasteiger partial charge in [-0.25, -0.2) is 4.79 Å². The summed E-state index contributed by atoms with van der Waals surface area (Å²) in [6.07, 6.45) is 5.33. The summed E-state index contributed by atoms with van der Waals surface area (Å²) in [5, 5.41) is 12.1. The van der Waals surface area contributed by atoms with Gasteiger partial charge in [0.2, 0.25) is 0 Å². The third kappa shape index (κ3) is 4.08. The molecule has 2 N–H and O–H groups in total. The molecule has 1 aliphatic heterocycles. The molecule has 0 aromatic rings. The van der Waals surface area contributed by atoms with Crippen molar-refractivity contribution >= 4 is 6.09 Å². The molecule has 0 aromatic heterocycles. The van der Waals surface area contributed by atoms with E-state index < -0.39 is 0 Å². The summed E-state index contributed by atoms with van der Waals surface area (Å²) in [6.45, 7) is 4.44. The summed E-state index contributed by atoms with van der Waals surface area (Å²) in [7, 11) is 0. The van der Waals surface area contributed by atoms with Crippen LogP contribution in [0.4, 0.5) is 4.79 Å². The maximum atomic E-state index is 11.5. The lowest BCUT2D eigenvalue weighted by atomic mass is 9.85. The summed E-state index contributed by atoms with van der Waals surface area (Å²) in [4.78, 5) is 14.0. The third-order valence-corrected chi connectivity index (χ3v) is 4.29. The first-order valence-corrected chi connectivity index (χ1v) is 7.51.